The van der Waals surface area contributed by atoms with Gasteiger partial charge >= 0.3 is 0 Å². The molecule has 0 aliphatic heterocycles. The molecule has 1 aliphatic rings. The Kier molecular flexibility index (Phi) is 2.79. The molecule has 0 amide bonds. The molecule has 0 saturated heterocycles. The van der Waals surface area contributed by atoms with Crippen LogP contribution in [0.15, 0.2) is 24.5 Å². The fourth-order valence-corrected chi connectivity index (χ4v) is 2.08. The molecule has 0 spiro atoms. The first-order chi connectivity index (χ1) is 6.77. The Morgan fingerprint density at radius 1 is 1.21 bits per heavy atom. The summed E-state index contributed by atoms with van der Waals surface area (Å²) < 4.78 is 0. The molecule has 76 valence electrons. The van der Waals surface area contributed by atoms with Gasteiger partial charge in [0.25, 0.3) is 0 Å². The van der Waals surface area contributed by atoms with Gasteiger partial charge in [-0.3, -0.25) is 4.98 Å². The zero-order chi connectivity index (χ0) is 9.97. The Balaban J connectivity index is 1.99. The summed E-state index contributed by atoms with van der Waals surface area (Å²) in [4.78, 5) is 3.94. The first kappa shape index (κ1) is 9.62. The fourth-order valence-electron chi connectivity index (χ4n) is 2.08. The van der Waals surface area contributed by atoms with Crippen LogP contribution in [0.2, 0.25) is 0 Å². The van der Waals surface area contributed by atoms with E-state index >= 15 is 0 Å². The van der Waals surface area contributed by atoms with E-state index in [0.717, 1.165) is 19.3 Å². The van der Waals surface area contributed by atoms with Gasteiger partial charge in [-0.15, -0.1) is 0 Å². The van der Waals surface area contributed by atoms with Gasteiger partial charge < -0.3 is 10.2 Å². The van der Waals surface area contributed by atoms with Gasteiger partial charge in [0, 0.05) is 12.4 Å². The molecule has 1 aromatic heterocycles. The lowest BCUT2D eigenvalue weighted by Crippen LogP contribution is -2.26. The van der Waals surface area contributed by atoms with E-state index in [1.807, 2.05) is 12.1 Å². The quantitative estimate of drug-likeness (QED) is 0.729. The minimum absolute atomic E-state index is 0.201. The van der Waals surface area contributed by atoms with E-state index in [1.54, 1.807) is 12.4 Å². The van der Waals surface area contributed by atoms with Crippen molar-refractivity contribution in [3.8, 4) is 0 Å². The van der Waals surface area contributed by atoms with Crippen molar-refractivity contribution in [2.45, 2.75) is 31.5 Å². The second kappa shape index (κ2) is 4.07. The maximum Gasteiger partial charge on any atom is 0.0830 e. The maximum absolute atomic E-state index is 9.65. The summed E-state index contributed by atoms with van der Waals surface area (Å²) in [5, 5.41) is 19.0. The maximum atomic E-state index is 9.65. The number of hydrogen-bond donors (Lipinski definition) is 2. The third kappa shape index (κ3) is 1.94. The van der Waals surface area contributed by atoms with Crippen molar-refractivity contribution >= 4 is 0 Å². The average molecular weight is 193 g/mol. The molecule has 1 heterocycles. The van der Waals surface area contributed by atoms with Crippen LogP contribution < -0.4 is 0 Å². The van der Waals surface area contributed by atoms with E-state index in [-0.39, 0.29) is 5.92 Å². The van der Waals surface area contributed by atoms with Crippen molar-refractivity contribution < 1.29 is 10.2 Å². The SMILES string of the molecule is OC1CCC(Cc2ccncc2)C1O. The van der Waals surface area contributed by atoms with Gasteiger partial charge in [-0.1, -0.05) is 0 Å². The van der Waals surface area contributed by atoms with E-state index < -0.39 is 12.2 Å². The number of aliphatic hydroxyl groups excluding tert-OH is 2. The summed E-state index contributed by atoms with van der Waals surface area (Å²) in [7, 11) is 0. The van der Waals surface area contributed by atoms with Crippen LogP contribution in [0.5, 0.6) is 0 Å². The predicted molar refractivity (Wildman–Crippen MR) is 52.7 cm³/mol. The van der Waals surface area contributed by atoms with Crippen molar-refractivity contribution in [2.75, 3.05) is 0 Å². The van der Waals surface area contributed by atoms with Crippen LogP contribution in [0.1, 0.15) is 18.4 Å². The van der Waals surface area contributed by atoms with Gasteiger partial charge in [0.05, 0.1) is 12.2 Å². The zero-order valence-corrected chi connectivity index (χ0v) is 8.00. The molecule has 3 unspecified atom stereocenters. The van der Waals surface area contributed by atoms with E-state index in [9.17, 15) is 10.2 Å². The van der Waals surface area contributed by atoms with Crippen LogP contribution in [0.4, 0.5) is 0 Å². The summed E-state index contributed by atoms with van der Waals surface area (Å²) in [6.07, 6.45) is 4.90. The largest absolute Gasteiger partial charge is 0.390 e. The molecule has 0 aromatic carbocycles. The van der Waals surface area contributed by atoms with Gasteiger partial charge in [-0.25, -0.2) is 0 Å². The van der Waals surface area contributed by atoms with E-state index in [2.05, 4.69) is 4.98 Å². The molecular weight excluding hydrogens is 178 g/mol. The number of pyridine rings is 1. The molecule has 3 heteroatoms. The highest BCUT2D eigenvalue weighted by atomic mass is 16.3. The first-order valence-electron chi connectivity index (χ1n) is 5.02. The summed E-state index contributed by atoms with van der Waals surface area (Å²) in [5.74, 6) is 0.201. The Bertz CT molecular complexity index is 289. The minimum atomic E-state index is -0.553. The van der Waals surface area contributed by atoms with Crippen LogP contribution in [0.25, 0.3) is 0 Å². The number of hydrogen-bond acceptors (Lipinski definition) is 3. The van der Waals surface area contributed by atoms with Crippen LogP contribution in [-0.4, -0.2) is 27.4 Å². The lowest BCUT2D eigenvalue weighted by Gasteiger charge is -2.15. The zero-order valence-electron chi connectivity index (χ0n) is 8.00. The first-order valence-corrected chi connectivity index (χ1v) is 5.02. The molecule has 1 saturated carbocycles. The highest BCUT2D eigenvalue weighted by molar-refractivity contribution is 5.11. The van der Waals surface area contributed by atoms with E-state index in [0.29, 0.717) is 0 Å². The molecule has 2 rings (SSSR count). The topological polar surface area (TPSA) is 53.4 Å². The van der Waals surface area contributed by atoms with Gasteiger partial charge in [0.1, 0.15) is 0 Å². The monoisotopic (exact) mass is 193 g/mol. The predicted octanol–water partition coefficient (Wildman–Crippen LogP) is 0.756. The third-order valence-corrected chi connectivity index (χ3v) is 2.96. The van der Waals surface area contributed by atoms with Gasteiger partial charge in [0.2, 0.25) is 0 Å². The molecule has 2 N–H and O–H groups in total. The van der Waals surface area contributed by atoms with Crippen LogP contribution >= 0.6 is 0 Å². The number of aliphatic hydroxyl groups is 2. The molecular formula is C11H15NO2. The molecule has 3 atom stereocenters. The van der Waals surface area contributed by atoms with Crippen molar-refractivity contribution in [1.82, 2.24) is 4.98 Å². The smallest absolute Gasteiger partial charge is 0.0830 e. The molecule has 1 aliphatic carbocycles. The molecule has 1 aromatic rings. The van der Waals surface area contributed by atoms with Gasteiger partial charge in [0.15, 0.2) is 0 Å². The number of nitrogens with zero attached hydrogens (tertiary/aromatic N) is 1. The summed E-state index contributed by atoms with van der Waals surface area (Å²) in [6.45, 7) is 0. The van der Waals surface area contributed by atoms with Crippen LogP contribution in [0.3, 0.4) is 0 Å². The highest BCUT2D eigenvalue weighted by Crippen LogP contribution is 2.28. The number of rotatable bonds is 2. The third-order valence-electron chi connectivity index (χ3n) is 2.96. The molecule has 3 nitrogen and oxygen atoms in total. The normalized spacial score (nSPS) is 32.0. The molecule has 1 fully saturated rings. The minimum Gasteiger partial charge on any atom is -0.390 e. The standard InChI is InChI=1S/C11H15NO2/c13-10-2-1-9(11(10)14)7-8-3-5-12-6-4-8/h3-6,9-11,13-14H,1-2,7H2. The Labute approximate surface area is 83.4 Å². The fraction of sp³-hybridized carbons (Fsp3) is 0.545. The molecule has 14 heavy (non-hydrogen) atoms. The van der Waals surface area contributed by atoms with Crippen molar-refractivity contribution in [2.24, 2.45) is 5.92 Å². The molecule has 0 radical (unpaired) electrons. The van der Waals surface area contributed by atoms with Crippen LogP contribution in [-0.2, 0) is 6.42 Å². The Morgan fingerprint density at radius 2 is 1.93 bits per heavy atom. The Hall–Kier alpha value is -0.930. The van der Waals surface area contributed by atoms with E-state index in [1.165, 1.54) is 5.56 Å². The number of aromatic nitrogens is 1. The highest BCUT2D eigenvalue weighted by Gasteiger charge is 2.32. The van der Waals surface area contributed by atoms with Crippen LogP contribution in [0, 0.1) is 5.92 Å². The van der Waals surface area contributed by atoms with Crippen molar-refractivity contribution in [1.29, 1.82) is 0 Å². The average Bonchev–Trinajstić information content (AvgIpc) is 2.52. The Morgan fingerprint density at radius 3 is 2.50 bits per heavy atom. The second-order valence-electron chi connectivity index (χ2n) is 3.95. The van der Waals surface area contributed by atoms with Gasteiger partial charge in [-0.2, -0.15) is 0 Å². The van der Waals surface area contributed by atoms with Crippen molar-refractivity contribution in [3.63, 3.8) is 0 Å². The van der Waals surface area contributed by atoms with Crippen molar-refractivity contribution in [3.05, 3.63) is 30.1 Å². The van der Waals surface area contributed by atoms with Gasteiger partial charge in [-0.05, 0) is 42.9 Å². The summed E-state index contributed by atoms with van der Waals surface area (Å²) in [6, 6.07) is 3.91. The lowest BCUT2D eigenvalue weighted by molar-refractivity contribution is 0.0207. The lowest BCUT2D eigenvalue weighted by atomic mass is 9.97. The summed E-state index contributed by atoms with van der Waals surface area (Å²) in [5.41, 5.74) is 1.18. The molecule has 0 bridgehead atoms. The summed E-state index contributed by atoms with van der Waals surface area (Å²) >= 11 is 0. The van der Waals surface area contributed by atoms with E-state index in [4.69, 9.17) is 0 Å². The second-order valence-corrected chi connectivity index (χ2v) is 3.95.